The quantitative estimate of drug-likeness (QED) is 0.795. The van der Waals surface area contributed by atoms with Crippen molar-refractivity contribution in [3.05, 3.63) is 29.8 Å². The van der Waals surface area contributed by atoms with Gasteiger partial charge >= 0.3 is 0 Å². The van der Waals surface area contributed by atoms with Crippen LogP contribution in [-0.4, -0.2) is 42.9 Å². The maximum absolute atomic E-state index is 9.12. The number of aliphatic hydroxyl groups is 1. The molecule has 0 bridgehead atoms. The maximum Gasteiger partial charge on any atom is 0.124 e. The van der Waals surface area contributed by atoms with Crippen LogP contribution < -0.4 is 10.5 Å². The van der Waals surface area contributed by atoms with Gasteiger partial charge < -0.3 is 15.6 Å². The Balaban J connectivity index is 1.87. The molecule has 100 valence electrons. The van der Waals surface area contributed by atoms with Crippen molar-refractivity contribution in [1.29, 1.82) is 0 Å². The van der Waals surface area contributed by atoms with Gasteiger partial charge in [0, 0.05) is 12.1 Å². The van der Waals surface area contributed by atoms with E-state index in [4.69, 9.17) is 15.6 Å². The molecule has 0 aromatic heterocycles. The molecule has 1 saturated heterocycles. The summed E-state index contributed by atoms with van der Waals surface area (Å²) >= 11 is 0. The average molecular weight is 250 g/mol. The number of para-hydroxylation sites is 1. The zero-order chi connectivity index (χ0) is 12.8. The van der Waals surface area contributed by atoms with Crippen LogP contribution in [0.2, 0.25) is 0 Å². The van der Waals surface area contributed by atoms with E-state index in [1.54, 1.807) is 0 Å². The van der Waals surface area contributed by atoms with Crippen molar-refractivity contribution in [1.82, 2.24) is 4.90 Å². The standard InChI is InChI=1S/C14H22N2O2/c15-13(11-17)12-5-1-2-6-14(12)18-10-9-16-7-3-4-8-16/h1-2,5-6,13,17H,3-4,7-11,15H2/t13-/m0/s1. The fourth-order valence-corrected chi connectivity index (χ4v) is 2.31. The summed E-state index contributed by atoms with van der Waals surface area (Å²) in [5.41, 5.74) is 6.72. The number of hydrogen-bond acceptors (Lipinski definition) is 4. The molecule has 0 saturated carbocycles. The molecule has 4 heteroatoms. The minimum absolute atomic E-state index is 0.0630. The molecule has 4 nitrogen and oxygen atoms in total. The van der Waals surface area contributed by atoms with Crippen LogP contribution in [-0.2, 0) is 0 Å². The first-order valence-corrected chi connectivity index (χ1v) is 6.62. The number of hydrogen-bond donors (Lipinski definition) is 2. The maximum atomic E-state index is 9.12. The second kappa shape index (κ2) is 6.73. The highest BCUT2D eigenvalue weighted by Gasteiger charge is 2.13. The van der Waals surface area contributed by atoms with E-state index in [0.29, 0.717) is 6.61 Å². The normalized spacial score (nSPS) is 17.9. The third-order valence-electron chi connectivity index (χ3n) is 3.38. The van der Waals surface area contributed by atoms with Crippen LogP contribution in [0.3, 0.4) is 0 Å². The van der Waals surface area contributed by atoms with Gasteiger partial charge in [0.2, 0.25) is 0 Å². The van der Waals surface area contributed by atoms with Crippen molar-refractivity contribution in [2.24, 2.45) is 5.73 Å². The van der Waals surface area contributed by atoms with Crippen LogP contribution in [0.1, 0.15) is 24.4 Å². The third kappa shape index (κ3) is 3.45. The third-order valence-corrected chi connectivity index (χ3v) is 3.38. The Bertz CT molecular complexity index is 365. The van der Waals surface area contributed by atoms with E-state index >= 15 is 0 Å². The summed E-state index contributed by atoms with van der Waals surface area (Å²) in [7, 11) is 0. The van der Waals surface area contributed by atoms with Gasteiger partial charge in [0.05, 0.1) is 12.6 Å². The number of aliphatic hydroxyl groups excluding tert-OH is 1. The van der Waals surface area contributed by atoms with E-state index in [2.05, 4.69) is 4.90 Å². The Morgan fingerprint density at radius 2 is 2.00 bits per heavy atom. The Morgan fingerprint density at radius 1 is 1.28 bits per heavy atom. The van der Waals surface area contributed by atoms with Gasteiger partial charge in [-0.05, 0) is 32.0 Å². The predicted molar refractivity (Wildman–Crippen MR) is 71.6 cm³/mol. The van der Waals surface area contributed by atoms with Gasteiger partial charge in [-0.15, -0.1) is 0 Å². The van der Waals surface area contributed by atoms with Gasteiger partial charge in [-0.3, -0.25) is 4.90 Å². The molecule has 0 unspecified atom stereocenters. The second-order valence-electron chi connectivity index (χ2n) is 4.72. The van der Waals surface area contributed by atoms with Crippen LogP contribution in [0, 0.1) is 0 Å². The molecule has 1 fully saturated rings. The average Bonchev–Trinajstić information content (AvgIpc) is 2.92. The van der Waals surface area contributed by atoms with Crippen molar-refractivity contribution >= 4 is 0 Å². The lowest BCUT2D eigenvalue weighted by Gasteiger charge is -2.18. The zero-order valence-electron chi connectivity index (χ0n) is 10.7. The van der Waals surface area contributed by atoms with E-state index in [0.717, 1.165) is 17.9 Å². The lowest BCUT2D eigenvalue weighted by atomic mass is 10.1. The van der Waals surface area contributed by atoms with E-state index in [-0.39, 0.29) is 12.6 Å². The summed E-state index contributed by atoms with van der Waals surface area (Å²) in [5, 5.41) is 9.12. The monoisotopic (exact) mass is 250 g/mol. The minimum Gasteiger partial charge on any atom is -0.492 e. The molecule has 1 aliphatic heterocycles. The molecule has 0 amide bonds. The molecule has 1 atom stereocenters. The van der Waals surface area contributed by atoms with Gasteiger partial charge in [0.1, 0.15) is 12.4 Å². The molecule has 0 aliphatic carbocycles. The van der Waals surface area contributed by atoms with E-state index in [1.165, 1.54) is 25.9 Å². The molecule has 1 aromatic rings. The lowest BCUT2D eigenvalue weighted by Crippen LogP contribution is -2.25. The lowest BCUT2D eigenvalue weighted by molar-refractivity contribution is 0.230. The summed E-state index contributed by atoms with van der Waals surface area (Å²) in [4.78, 5) is 2.41. The van der Waals surface area contributed by atoms with Crippen molar-refractivity contribution in [2.45, 2.75) is 18.9 Å². The van der Waals surface area contributed by atoms with Crippen LogP contribution >= 0.6 is 0 Å². The molecule has 0 spiro atoms. The Kier molecular flexibility index (Phi) is 4.99. The van der Waals surface area contributed by atoms with Gasteiger partial charge in [0.25, 0.3) is 0 Å². The largest absolute Gasteiger partial charge is 0.492 e. The summed E-state index contributed by atoms with van der Waals surface area (Å²) in [6.07, 6.45) is 2.60. The van der Waals surface area contributed by atoms with Crippen molar-refractivity contribution in [3.63, 3.8) is 0 Å². The van der Waals surface area contributed by atoms with Gasteiger partial charge in [-0.1, -0.05) is 18.2 Å². The highest BCUT2D eigenvalue weighted by molar-refractivity contribution is 5.35. The van der Waals surface area contributed by atoms with Crippen LogP contribution in [0.15, 0.2) is 24.3 Å². The molecular formula is C14H22N2O2. The molecular weight excluding hydrogens is 228 g/mol. The Labute approximate surface area is 108 Å². The fraction of sp³-hybridized carbons (Fsp3) is 0.571. The smallest absolute Gasteiger partial charge is 0.124 e. The van der Waals surface area contributed by atoms with Gasteiger partial charge in [-0.25, -0.2) is 0 Å². The molecule has 1 aliphatic rings. The first-order valence-electron chi connectivity index (χ1n) is 6.62. The number of benzene rings is 1. The Morgan fingerprint density at radius 3 is 2.72 bits per heavy atom. The number of nitrogens with two attached hydrogens (primary N) is 1. The summed E-state index contributed by atoms with van der Waals surface area (Å²) in [6, 6.07) is 7.30. The number of rotatable bonds is 6. The first kappa shape index (κ1) is 13.3. The summed E-state index contributed by atoms with van der Waals surface area (Å²) < 4.78 is 5.79. The van der Waals surface area contributed by atoms with E-state index < -0.39 is 0 Å². The zero-order valence-corrected chi connectivity index (χ0v) is 10.7. The molecule has 1 aromatic carbocycles. The van der Waals surface area contributed by atoms with Crippen LogP contribution in [0.25, 0.3) is 0 Å². The number of ether oxygens (including phenoxy) is 1. The van der Waals surface area contributed by atoms with Crippen molar-refractivity contribution in [3.8, 4) is 5.75 Å². The van der Waals surface area contributed by atoms with E-state index in [1.807, 2.05) is 24.3 Å². The fourth-order valence-electron chi connectivity index (χ4n) is 2.31. The summed E-state index contributed by atoms with van der Waals surface area (Å²) in [5.74, 6) is 0.790. The van der Waals surface area contributed by atoms with Crippen molar-refractivity contribution in [2.75, 3.05) is 32.8 Å². The van der Waals surface area contributed by atoms with Gasteiger partial charge in [0.15, 0.2) is 0 Å². The first-order chi connectivity index (χ1) is 8.81. The molecule has 1 heterocycles. The molecule has 18 heavy (non-hydrogen) atoms. The highest BCUT2D eigenvalue weighted by Crippen LogP contribution is 2.23. The summed E-state index contributed by atoms with van der Waals surface area (Å²) in [6.45, 7) is 3.94. The second-order valence-corrected chi connectivity index (χ2v) is 4.72. The predicted octanol–water partition coefficient (Wildman–Crippen LogP) is 1.15. The molecule has 2 rings (SSSR count). The topological polar surface area (TPSA) is 58.7 Å². The van der Waals surface area contributed by atoms with Gasteiger partial charge in [-0.2, -0.15) is 0 Å². The Hall–Kier alpha value is -1.10. The molecule has 0 radical (unpaired) electrons. The SMILES string of the molecule is N[C@@H](CO)c1ccccc1OCCN1CCCC1. The van der Waals surface area contributed by atoms with E-state index in [9.17, 15) is 0 Å². The van der Waals surface area contributed by atoms with Crippen molar-refractivity contribution < 1.29 is 9.84 Å². The van der Waals surface area contributed by atoms with Crippen LogP contribution in [0.4, 0.5) is 0 Å². The molecule has 3 N–H and O–H groups in total. The highest BCUT2D eigenvalue weighted by atomic mass is 16.5. The number of likely N-dealkylation sites (tertiary alicyclic amines) is 1. The minimum atomic E-state index is -0.368. The number of nitrogens with zero attached hydrogens (tertiary/aromatic N) is 1. The van der Waals surface area contributed by atoms with Crippen LogP contribution in [0.5, 0.6) is 5.75 Å².